The van der Waals surface area contributed by atoms with Gasteiger partial charge in [-0.1, -0.05) is 18.2 Å². The van der Waals surface area contributed by atoms with E-state index in [1.54, 1.807) is 44.2 Å². The molecule has 0 aliphatic carbocycles. The van der Waals surface area contributed by atoms with Crippen molar-refractivity contribution in [2.24, 2.45) is 0 Å². The zero-order chi connectivity index (χ0) is 14.7. The van der Waals surface area contributed by atoms with E-state index in [2.05, 4.69) is 0 Å². The van der Waals surface area contributed by atoms with Crippen LogP contribution in [-0.4, -0.2) is 11.2 Å². The molecule has 0 fully saturated rings. The number of para-hydroxylation sites is 1. The standard InChI is InChI=1S/C15H13NO4/c1-10-7-11(2)15(13(8-10)16(18)19)20-14-6-4-3-5-12(14)9-17/h3-9H,1-2H3. The van der Waals surface area contributed by atoms with Crippen molar-refractivity contribution in [3.8, 4) is 11.5 Å². The van der Waals surface area contributed by atoms with E-state index in [-0.39, 0.29) is 11.4 Å². The first-order valence-corrected chi connectivity index (χ1v) is 6.00. The summed E-state index contributed by atoms with van der Waals surface area (Å²) >= 11 is 0. The Balaban J connectivity index is 2.53. The molecular weight excluding hydrogens is 258 g/mol. The molecule has 2 aromatic carbocycles. The second kappa shape index (κ2) is 5.52. The lowest BCUT2D eigenvalue weighted by Crippen LogP contribution is -1.98. The molecule has 5 heteroatoms. The summed E-state index contributed by atoms with van der Waals surface area (Å²) in [4.78, 5) is 21.6. The number of nitrogens with zero attached hydrogens (tertiary/aromatic N) is 1. The molecule has 0 aliphatic rings. The van der Waals surface area contributed by atoms with Crippen molar-refractivity contribution >= 4 is 12.0 Å². The highest BCUT2D eigenvalue weighted by atomic mass is 16.6. The number of carbonyl (C=O) groups is 1. The van der Waals surface area contributed by atoms with Crippen molar-refractivity contribution in [1.82, 2.24) is 0 Å². The van der Waals surface area contributed by atoms with Gasteiger partial charge in [-0.3, -0.25) is 14.9 Å². The maximum atomic E-state index is 11.1. The van der Waals surface area contributed by atoms with Gasteiger partial charge in [-0.05, 0) is 37.1 Å². The third-order valence-corrected chi connectivity index (χ3v) is 2.85. The Morgan fingerprint density at radius 2 is 1.90 bits per heavy atom. The molecular formula is C15H13NO4. The molecule has 20 heavy (non-hydrogen) atoms. The van der Waals surface area contributed by atoms with Gasteiger partial charge in [0.2, 0.25) is 5.75 Å². The number of nitro groups is 1. The Bertz CT molecular complexity index is 680. The number of carbonyl (C=O) groups excluding carboxylic acids is 1. The molecule has 0 heterocycles. The number of aryl methyl sites for hydroxylation is 2. The highest BCUT2D eigenvalue weighted by molar-refractivity contribution is 5.79. The average molecular weight is 271 g/mol. The van der Waals surface area contributed by atoms with Gasteiger partial charge in [-0.2, -0.15) is 0 Å². The van der Waals surface area contributed by atoms with E-state index in [1.165, 1.54) is 6.07 Å². The van der Waals surface area contributed by atoms with Crippen LogP contribution in [0.5, 0.6) is 11.5 Å². The highest BCUT2D eigenvalue weighted by Crippen LogP contribution is 2.36. The summed E-state index contributed by atoms with van der Waals surface area (Å²) in [7, 11) is 0. The molecule has 2 aromatic rings. The number of aldehydes is 1. The summed E-state index contributed by atoms with van der Waals surface area (Å²) in [5, 5.41) is 11.1. The topological polar surface area (TPSA) is 69.4 Å². The van der Waals surface area contributed by atoms with Gasteiger partial charge in [0.1, 0.15) is 5.75 Å². The van der Waals surface area contributed by atoms with Gasteiger partial charge in [-0.15, -0.1) is 0 Å². The number of ether oxygens (including phenoxy) is 1. The molecule has 0 spiro atoms. The molecule has 0 bridgehead atoms. The van der Waals surface area contributed by atoms with Crippen molar-refractivity contribution in [1.29, 1.82) is 0 Å². The quantitative estimate of drug-likeness (QED) is 0.481. The van der Waals surface area contributed by atoms with Gasteiger partial charge in [0.15, 0.2) is 6.29 Å². The third-order valence-electron chi connectivity index (χ3n) is 2.85. The number of benzene rings is 2. The number of hydrogen-bond donors (Lipinski definition) is 0. The lowest BCUT2D eigenvalue weighted by molar-refractivity contribution is -0.385. The van der Waals surface area contributed by atoms with Crippen LogP contribution in [-0.2, 0) is 0 Å². The molecule has 0 aliphatic heterocycles. The van der Waals surface area contributed by atoms with Crippen LogP contribution in [0.2, 0.25) is 0 Å². The van der Waals surface area contributed by atoms with Gasteiger partial charge in [0.05, 0.1) is 10.5 Å². The molecule has 0 atom stereocenters. The normalized spacial score (nSPS) is 10.1. The predicted molar refractivity (Wildman–Crippen MR) is 74.5 cm³/mol. The maximum absolute atomic E-state index is 11.1. The fraction of sp³-hybridized carbons (Fsp3) is 0.133. The summed E-state index contributed by atoms with van der Waals surface area (Å²) in [5.41, 5.74) is 1.67. The molecule has 0 unspecified atom stereocenters. The van der Waals surface area contributed by atoms with Crippen LogP contribution in [0.15, 0.2) is 36.4 Å². The minimum absolute atomic E-state index is 0.108. The monoisotopic (exact) mass is 271 g/mol. The van der Waals surface area contributed by atoms with E-state index < -0.39 is 4.92 Å². The molecule has 0 amide bonds. The molecule has 102 valence electrons. The van der Waals surface area contributed by atoms with E-state index in [0.717, 1.165) is 5.56 Å². The summed E-state index contributed by atoms with van der Waals surface area (Å²) in [6.45, 7) is 3.52. The van der Waals surface area contributed by atoms with Crippen molar-refractivity contribution in [3.05, 3.63) is 63.2 Å². The molecule has 2 rings (SSSR count). The molecule has 0 N–H and O–H groups in total. The first-order chi connectivity index (χ1) is 9.52. The zero-order valence-electron chi connectivity index (χ0n) is 11.1. The van der Waals surface area contributed by atoms with Gasteiger partial charge in [0.25, 0.3) is 0 Å². The summed E-state index contributed by atoms with van der Waals surface area (Å²) in [5.74, 6) is 0.465. The Morgan fingerprint density at radius 3 is 2.55 bits per heavy atom. The number of hydrogen-bond acceptors (Lipinski definition) is 4. The van der Waals surface area contributed by atoms with Gasteiger partial charge < -0.3 is 4.74 Å². The third kappa shape index (κ3) is 2.66. The van der Waals surface area contributed by atoms with E-state index in [4.69, 9.17) is 4.74 Å². The predicted octanol–water partition coefficient (Wildman–Crippen LogP) is 3.82. The largest absolute Gasteiger partial charge is 0.449 e. The second-order valence-electron chi connectivity index (χ2n) is 4.44. The second-order valence-corrected chi connectivity index (χ2v) is 4.44. The summed E-state index contributed by atoms with van der Waals surface area (Å²) in [6.07, 6.45) is 0.657. The van der Waals surface area contributed by atoms with Gasteiger partial charge in [-0.25, -0.2) is 0 Å². The van der Waals surface area contributed by atoms with Crippen LogP contribution >= 0.6 is 0 Å². The first-order valence-electron chi connectivity index (χ1n) is 6.00. The fourth-order valence-electron chi connectivity index (χ4n) is 1.98. The minimum Gasteiger partial charge on any atom is -0.449 e. The molecule has 0 saturated carbocycles. The van der Waals surface area contributed by atoms with E-state index >= 15 is 0 Å². The lowest BCUT2D eigenvalue weighted by atomic mass is 10.1. The van der Waals surface area contributed by atoms with E-state index in [1.807, 2.05) is 0 Å². The van der Waals surface area contributed by atoms with Crippen LogP contribution in [0, 0.1) is 24.0 Å². The fourth-order valence-corrected chi connectivity index (χ4v) is 1.98. The van der Waals surface area contributed by atoms with Crippen LogP contribution in [0.4, 0.5) is 5.69 Å². The molecule has 0 saturated heterocycles. The Labute approximate surface area is 116 Å². The Morgan fingerprint density at radius 1 is 1.20 bits per heavy atom. The van der Waals surface area contributed by atoms with Crippen LogP contribution in [0.25, 0.3) is 0 Å². The summed E-state index contributed by atoms with van der Waals surface area (Å²) in [6, 6.07) is 9.85. The van der Waals surface area contributed by atoms with Crippen molar-refractivity contribution in [2.75, 3.05) is 0 Å². The van der Waals surface area contributed by atoms with Crippen LogP contribution in [0.3, 0.4) is 0 Å². The lowest BCUT2D eigenvalue weighted by Gasteiger charge is -2.11. The number of nitro benzene ring substituents is 1. The average Bonchev–Trinajstić information content (AvgIpc) is 2.41. The van der Waals surface area contributed by atoms with Gasteiger partial charge >= 0.3 is 5.69 Å². The Hall–Kier alpha value is -2.69. The van der Waals surface area contributed by atoms with Crippen LogP contribution in [0.1, 0.15) is 21.5 Å². The van der Waals surface area contributed by atoms with E-state index in [9.17, 15) is 14.9 Å². The first kappa shape index (κ1) is 13.7. The Kier molecular flexibility index (Phi) is 3.79. The van der Waals surface area contributed by atoms with Crippen molar-refractivity contribution in [3.63, 3.8) is 0 Å². The molecule has 0 aromatic heterocycles. The van der Waals surface area contributed by atoms with E-state index in [0.29, 0.717) is 23.2 Å². The van der Waals surface area contributed by atoms with Crippen LogP contribution < -0.4 is 4.74 Å². The van der Waals surface area contributed by atoms with Gasteiger partial charge in [0, 0.05) is 6.07 Å². The smallest absolute Gasteiger partial charge is 0.312 e. The zero-order valence-corrected chi connectivity index (χ0v) is 11.1. The molecule has 5 nitrogen and oxygen atoms in total. The SMILES string of the molecule is Cc1cc(C)c(Oc2ccccc2C=O)c([N+](=O)[O-])c1. The maximum Gasteiger partial charge on any atom is 0.312 e. The molecule has 0 radical (unpaired) electrons. The minimum atomic E-state index is -0.487. The van der Waals surface area contributed by atoms with Crippen molar-refractivity contribution < 1.29 is 14.5 Å². The number of rotatable bonds is 4. The summed E-state index contributed by atoms with van der Waals surface area (Å²) < 4.78 is 5.61. The highest BCUT2D eigenvalue weighted by Gasteiger charge is 2.20. The van der Waals surface area contributed by atoms with Crippen molar-refractivity contribution in [2.45, 2.75) is 13.8 Å².